The summed E-state index contributed by atoms with van der Waals surface area (Å²) in [5, 5.41) is 1.01. The van der Waals surface area contributed by atoms with Crippen LogP contribution in [0.5, 0.6) is 0 Å². The van der Waals surface area contributed by atoms with Crippen LogP contribution in [0.3, 0.4) is 0 Å². The Bertz CT molecular complexity index is 506. The van der Waals surface area contributed by atoms with E-state index >= 15 is 0 Å². The number of cyclic esters (lactones) is 1. The van der Waals surface area contributed by atoms with Crippen LogP contribution < -0.4 is 0 Å². The first-order valence-electron chi connectivity index (χ1n) is 6.02. The predicted molar refractivity (Wildman–Crippen MR) is 70.0 cm³/mol. The molecule has 0 N–H and O–H groups in total. The molecule has 0 bridgehead atoms. The number of benzene rings is 1. The number of amides is 1. The zero-order chi connectivity index (χ0) is 12.9. The van der Waals surface area contributed by atoms with Gasteiger partial charge in [-0.25, -0.2) is 4.79 Å². The third-order valence-electron chi connectivity index (χ3n) is 3.77. The first kappa shape index (κ1) is 12.1. The number of fused-ring (bicyclic) bond motifs is 1. The molecule has 96 valence electrons. The van der Waals surface area contributed by atoms with Crippen molar-refractivity contribution in [2.24, 2.45) is 0 Å². The van der Waals surface area contributed by atoms with Gasteiger partial charge in [0.15, 0.2) is 0 Å². The van der Waals surface area contributed by atoms with Crippen molar-refractivity contribution < 1.29 is 9.53 Å². The molecule has 0 aliphatic carbocycles. The van der Waals surface area contributed by atoms with Gasteiger partial charge in [-0.05, 0) is 37.5 Å². The highest BCUT2D eigenvalue weighted by Crippen LogP contribution is 2.42. The van der Waals surface area contributed by atoms with Gasteiger partial charge in [0.25, 0.3) is 0 Å². The molecule has 2 aliphatic rings. The molecule has 18 heavy (non-hydrogen) atoms. The van der Waals surface area contributed by atoms with E-state index in [1.54, 1.807) is 12.1 Å². The molecule has 3 atom stereocenters. The Hall–Kier alpha value is -0.930. The van der Waals surface area contributed by atoms with Gasteiger partial charge in [0, 0.05) is 6.04 Å². The van der Waals surface area contributed by atoms with E-state index in [2.05, 4.69) is 6.92 Å². The zero-order valence-corrected chi connectivity index (χ0v) is 11.4. The Balaban J connectivity index is 1.93. The van der Waals surface area contributed by atoms with E-state index in [0.29, 0.717) is 10.0 Å². The van der Waals surface area contributed by atoms with Crippen LogP contribution in [-0.4, -0.2) is 23.1 Å². The molecule has 0 unspecified atom stereocenters. The van der Waals surface area contributed by atoms with Crippen molar-refractivity contribution in [3.63, 3.8) is 0 Å². The number of ether oxygens (including phenoxy) is 1. The maximum Gasteiger partial charge on any atom is 0.411 e. The van der Waals surface area contributed by atoms with Gasteiger partial charge in [-0.2, -0.15) is 0 Å². The van der Waals surface area contributed by atoms with Crippen LogP contribution in [0.2, 0.25) is 10.0 Å². The van der Waals surface area contributed by atoms with Crippen LogP contribution in [0.4, 0.5) is 4.79 Å². The van der Waals surface area contributed by atoms with Crippen LogP contribution in [0, 0.1) is 0 Å². The quantitative estimate of drug-likeness (QED) is 0.779. The van der Waals surface area contributed by atoms with Crippen molar-refractivity contribution in [3.8, 4) is 0 Å². The summed E-state index contributed by atoms with van der Waals surface area (Å²) in [5.74, 6) is 0. The van der Waals surface area contributed by atoms with Crippen molar-refractivity contribution >= 4 is 29.3 Å². The highest BCUT2D eigenvalue weighted by atomic mass is 35.5. The lowest BCUT2D eigenvalue weighted by Gasteiger charge is -2.19. The van der Waals surface area contributed by atoms with Gasteiger partial charge in [0.05, 0.1) is 16.1 Å². The standard InChI is InChI=1S/C13H13Cl2NO2/c1-7-2-5-11-12(18-13(17)16(7)11)8-3-4-9(14)10(15)6-8/h3-4,6-7,11-12H,2,5H2,1H3/t7-,11-,12-/m0/s1. The third-order valence-corrected chi connectivity index (χ3v) is 4.51. The Kier molecular flexibility index (Phi) is 2.91. The van der Waals surface area contributed by atoms with E-state index in [1.807, 2.05) is 11.0 Å². The number of nitrogens with zero attached hydrogens (tertiary/aromatic N) is 1. The van der Waals surface area contributed by atoms with Crippen LogP contribution in [0.1, 0.15) is 31.4 Å². The second-order valence-corrected chi connectivity index (χ2v) is 5.69. The molecular weight excluding hydrogens is 273 g/mol. The molecule has 0 aromatic heterocycles. The smallest absolute Gasteiger partial charge is 0.411 e. The molecule has 0 saturated carbocycles. The average molecular weight is 286 g/mol. The molecule has 0 radical (unpaired) electrons. The summed E-state index contributed by atoms with van der Waals surface area (Å²) in [6, 6.07) is 5.79. The minimum Gasteiger partial charge on any atom is -0.439 e. The summed E-state index contributed by atoms with van der Waals surface area (Å²) in [4.78, 5) is 13.7. The summed E-state index contributed by atoms with van der Waals surface area (Å²) >= 11 is 11.9. The first-order valence-corrected chi connectivity index (χ1v) is 6.77. The highest BCUT2D eigenvalue weighted by molar-refractivity contribution is 6.42. The maximum absolute atomic E-state index is 11.8. The predicted octanol–water partition coefficient (Wildman–Crippen LogP) is 4.04. The van der Waals surface area contributed by atoms with Gasteiger partial charge in [-0.15, -0.1) is 0 Å². The molecule has 1 amide bonds. The van der Waals surface area contributed by atoms with Crippen LogP contribution in [0.15, 0.2) is 18.2 Å². The number of carbonyl (C=O) groups excluding carboxylic acids is 1. The number of rotatable bonds is 1. The van der Waals surface area contributed by atoms with Gasteiger partial charge >= 0.3 is 6.09 Å². The lowest BCUT2D eigenvalue weighted by molar-refractivity contribution is 0.124. The SMILES string of the molecule is C[C@H]1CC[C@H]2[C@H](c3ccc(Cl)c(Cl)c3)OC(=O)N12. The number of carbonyl (C=O) groups is 1. The van der Waals surface area contributed by atoms with E-state index in [0.717, 1.165) is 18.4 Å². The zero-order valence-electron chi connectivity index (χ0n) is 9.90. The molecular formula is C13H13Cl2NO2. The van der Waals surface area contributed by atoms with Gasteiger partial charge in [0.1, 0.15) is 6.10 Å². The van der Waals surface area contributed by atoms with Crippen molar-refractivity contribution in [1.29, 1.82) is 0 Å². The van der Waals surface area contributed by atoms with Crippen LogP contribution in [-0.2, 0) is 4.74 Å². The van der Waals surface area contributed by atoms with E-state index < -0.39 is 0 Å². The fourth-order valence-corrected chi connectivity index (χ4v) is 3.16. The Morgan fingerprint density at radius 2 is 2.06 bits per heavy atom. The fraction of sp³-hybridized carbons (Fsp3) is 0.462. The lowest BCUT2D eigenvalue weighted by Crippen LogP contribution is -2.33. The molecule has 3 rings (SSSR count). The molecule has 2 saturated heterocycles. The van der Waals surface area contributed by atoms with Gasteiger partial charge < -0.3 is 4.74 Å². The molecule has 5 heteroatoms. The van der Waals surface area contributed by atoms with Gasteiger partial charge in [-0.3, -0.25) is 4.90 Å². The molecule has 2 heterocycles. The molecule has 0 spiro atoms. The van der Waals surface area contributed by atoms with E-state index in [1.165, 1.54) is 0 Å². The van der Waals surface area contributed by atoms with E-state index in [-0.39, 0.29) is 24.3 Å². The van der Waals surface area contributed by atoms with E-state index in [9.17, 15) is 4.79 Å². The second kappa shape index (κ2) is 4.32. The second-order valence-electron chi connectivity index (χ2n) is 4.88. The lowest BCUT2D eigenvalue weighted by atomic mass is 10.0. The van der Waals surface area contributed by atoms with Crippen molar-refractivity contribution in [2.45, 2.75) is 38.0 Å². The third kappa shape index (κ3) is 1.77. The minimum absolute atomic E-state index is 0.129. The fourth-order valence-electron chi connectivity index (χ4n) is 2.86. The maximum atomic E-state index is 11.8. The summed E-state index contributed by atoms with van der Waals surface area (Å²) in [7, 11) is 0. The average Bonchev–Trinajstić information content (AvgIpc) is 2.86. The number of halogens is 2. The van der Waals surface area contributed by atoms with Gasteiger partial charge in [0.2, 0.25) is 0 Å². The van der Waals surface area contributed by atoms with Crippen molar-refractivity contribution in [3.05, 3.63) is 33.8 Å². The highest BCUT2D eigenvalue weighted by Gasteiger charge is 2.48. The summed E-state index contributed by atoms with van der Waals surface area (Å²) in [6.45, 7) is 2.05. The van der Waals surface area contributed by atoms with E-state index in [4.69, 9.17) is 27.9 Å². The summed E-state index contributed by atoms with van der Waals surface area (Å²) in [5.41, 5.74) is 0.916. The molecule has 2 fully saturated rings. The Morgan fingerprint density at radius 1 is 1.28 bits per heavy atom. The topological polar surface area (TPSA) is 29.5 Å². The Labute approximate surface area is 116 Å². The largest absolute Gasteiger partial charge is 0.439 e. The summed E-state index contributed by atoms with van der Waals surface area (Å²) in [6.07, 6.45) is 1.55. The van der Waals surface area contributed by atoms with Crippen molar-refractivity contribution in [1.82, 2.24) is 4.90 Å². The summed E-state index contributed by atoms with van der Waals surface area (Å²) < 4.78 is 5.46. The molecule has 3 nitrogen and oxygen atoms in total. The molecule has 1 aromatic carbocycles. The van der Waals surface area contributed by atoms with Gasteiger partial charge in [-0.1, -0.05) is 29.3 Å². The Morgan fingerprint density at radius 3 is 2.78 bits per heavy atom. The first-order chi connectivity index (χ1) is 8.58. The molecule has 2 aliphatic heterocycles. The van der Waals surface area contributed by atoms with Crippen molar-refractivity contribution in [2.75, 3.05) is 0 Å². The minimum atomic E-state index is -0.225. The molecule has 1 aromatic rings. The van der Waals surface area contributed by atoms with Crippen LogP contribution >= 0.6 is 23.2 Å². The monoisotopic (exact) mass is 285 g/mol. The number of hydrogen-bond donors (Lipinski definition) is 0. The van der Waals surface area contributed by atoms with Crippen LogP contribution in [0.25, 0.3) is 0 Å². The number of hydrogen-bond acceptors (Lipinski definition) is 2. The normalized spacial score (nSPS) is 30.5.